The third-order valence-electron chi connectivity index (χ3n) is 5.53. The zero-order valence-corrected chi connectivity index (χ0v) is 15.5. The molecule has 2 fully saturated rings. The molecule has 6 heteroatoms. The van der Waals surface area contributed by atoms with Crippen LogP contribution in [0.15, 0.2) is 48.5 Å². The first-order chi connectivity index (χ1) is 13.1. The largest absolute Gasteiger partial charge is 0.315 e. The molecule has 1 aliphatic carbocycles. The highest BCUT2D eigenvalue weighted by atomic mass is 32.2. The monoisotopic (exact) mass is 382 g/mol. The Morgan fingerprint density at radius 3 is 2.70 bits per heavy atom. The van der Waals surface area contributed by atoms with E-state index in [1.165, 1.54) is 23.9 Å². The molecule has 2 aromatic carbocycles. The molecular weight excluding hydrogens is 363 g/mol. The Morgan fingerprint density at radius 2 is 1.96 bits per heavy atom. The van der Waals surface area contributed by atoms with Crippen LogP contribution >= 0.6 is 11.8 Å². The van der Waals surface area contributed by atoms with Crippen LogP contribution in [0.25, 0.3) is 0 Å². The molecule has 27 heavy (non-hydrogen) atoms. The van der Waals surface area contributed by atoms with Crippen molar-refractivity contribution < 1.29 is 14.0 Å². The molecule has 1 unspecified atom stereocenters. The van der Waals surface area contributed by atoms with E-state index in [0.717, 1.165) is 18.4 Å². The molecular formula is C21H19FN2O2S. The summed E-state index contributed by atoms with van der Waals surface area (Å²) >= 11 is 1.45. The minimum Gasteiger partial charge on any atom is -0.315 e. The number of amides is 2. The van der Waals surface area contributed by atoms with Crippen molar-refractivity contribution in [2.45, 2.75) is 24.3 Å². The molecule has 1 saturated carbocycles. The summed E-state index contributed by atoms with van der Waals surface area (Å²) in [5.41, 5.74) is 2.31. The number of thioether (sulfide) groups is 1. The van der Waals surface area contributed by atoms with Gasteiger partial charge in [-0.15, -0.1) is 11.8 Å². The number of carbonyl (C=O) groups is 2. The summed E-state index contributed by atoms with van der Waals surface area (Å²) < 4.78 is 14.1. The van der Waals surface area contributed by atoms with Crippen LogP contribution in [0.3, 0.4) is 0 Å². The summed E-state index contributed by atoms with van der Waals surface area (Å²) in [7, 11) is 0. The summed E-state index contributed by atoms with van der Waals surface area (Å²) in [6.07, 6.45) is 1.77. The second-order valence-corrected chi connectivity index (χ2v) is 8.58. The van der Waals surface area contributed by atoms with Crippen LogP contribution in [0.4, 0.5) is 10.1 Å². The van der Waals surface area contributed by atoms with Crippen molar-refractivity contribution in [2.75, 3.05) is 17.2 Å². The Labute approximate surface area is 161 Å². The van der Waals surface area contributed by atoms with Gasteiger partial charge in [0.05, 0.1) is 12.2 Å². The first-order valence-electron chi connectivity index (χ1n) is 9.22. The predicted molar refractivity (Wildman–Crippen MR) is 103 cm³/mol. The van der Waals surface area contributed by atoms with Gasteiger partial charge in [0.2, 0.25) is 5.91 Å². The lowest BCUT2D eigenvalue weighted by Crippen LogP contribution is -2.50. The molecule has 2 amide bonds. The average Bonchev–Trinajstić information content (AvgIpc) is 3.40. The normalized spacial score (nSPS) is 24.0. The lowest BCUT2D eigenvalue weighted by atomic mass is 10.0. The Kier molecular flexibility index (Phi) is 3.79. The molecule has 5 rings (SSSR count). The molecule has 2 heterocycles. The molecule has 0 radical (unpaired) electrons. The highest BCUT2D eigenvalue weighted by Crippen LogP contribution is 2.55. The van der Waals surface area contributed by atoms with Crippen molar-refractivity contribution in [1.82, 2.24) is 4.90 Å². The first kappa shape index (κ1) is 16.8. The molecule has 4 nitrogen and oxygen atoms in total. The lowest BCUT2D eigenvalue weighted by Gasteiger charge is -2.33. The number of hydrogen-bond acceptors (Lipinski definition) is 3. The summed E-state index contributed by atoms with van der Waals surface area (Å²) in [6.45, 7) is 0.937. The molecule has 138 valence electrons. The molecule has 0 N–H and O–H groups in total. The average molecular weight is 382 g/mol. The molecule has 1 saturated heterocycles. The fourth-order valence-corrected chi connectivity index (χ4v) is 5.54. The molecule has 2 aliphatic heterocycles. The summed E-state index contributed by atoms with van der Waals surface area (Å²) in [5.74, 6) is 0.218. The third-order valence-corrected chi connectivity index (χ3v) is 6.95. The van der Waals surface area contributed by atoms with E-state index < -0.39 is 4.87 Å². The maximum Gasteiger partial charge on any atom is 0.268 e. The highest BCUT2D eigenvalue weighted by molar-refractivity contribution is 8.01. The van der Waals surface area contributed by atoms with Gasteiger partial charge in [0.15, 0.2) is 4.87 Å². The van der Waals surface area contributed by atoms with Crippen LogP contribution in [-0.2, 0) is 21.0 Å². The number of anilines is 1. The minimum atomic E-state index is -1.12. The minimum absolute atomic E-state index is 0.0218. The van der Waals surface area contributed by atoms with Crippen LogP contribution in [0.5, 0.6) is 0 Å². The van der Waals surface area contributed by atoms with Crippen molar-refractivity contribution in [1.29, 1.82) is 0 Å². The Hall–Kier alpha value is -2.34. The fourth-order valence-electron chi connectivity index (χ4n) is 4.08. The number of carbonyl (C=O) groups excluding carboxylic acids is 2. The number of fused-ring (bicyclic) bond motifs is 2. The van der Waals surface area contributed by atoms with Gasteiger partial charge in [-0.2, -0.15) is 0 Å². The second kappa shape index (κ2) is 6.09. The van der Waals surface area contributed by atoms with Crippen molar-refractivity contribution in [2.24, 2.45) is 5.92 Å². The highest BCUT2D eigenvalue weighted by Gasteiger charge is 2.60. The molecule has 0 aromatic heterocycles. The molecule has 1 atom stereocenters. The topological polar surface area (TPSA) is 40.6 Å². The number of hydrogen-bond donors (Lipinski definition) is 0. The van der Waals surface area contributed by atoms with E-state index in [0.29, 0.717) is 30.1 Å². The predicted octanol–water partition coefficient (Wildman–Crippen LogP) is 3.51. The van der Waals surface area contributed by atoms with Crippen LogP contribution in [0.1, 0.15) is 24.0 Å². The van der Waals surface area contributed by atoms with Crippen LogP contribution in [0.2, 0.25) is 0 Å². The first-order valence-corrected chi connectivity index (χ1v) is 10.2. The van der Waals surface area contributed by atoms with Gasteiger partial charge in [-0.05, 0) is 36.6 Å². The summed E-state index contributed by atoms with van der Waals surface area (Å²) in [4.78, 5) is 28.9. The molecule has 1 spiro atoms. The maximum absolute atomic E-state index is 14.1. The van der Waals surface area contributed by atoms with Crippen molar-refractivity contribution in [3.8, 4) is 0 Å². The third kappa shape index (κ3) is 2.50. The SMILES string of the molecule is O=C(C1CC1)N1CCSC12C(=O)N(Cc1ccccc1)c1ccc(F)cc12. The second-order valence-electron chi connectivity index (χ2n) is 7.29. The van der Waals surface area contributed by atoms with Crippen LogP contribution in [-0.4, -0.2) is 29.0 Å². The van der Waals surface area contributed by atoms with Crippen molar-refractivity contribution >= 4 is 29.3 Å². The van der Waals surface area contributed by atoms with Gasteiger partial charge in [0.1, 0.15) is 5.82 Å². The Morgan fingerprint density at radius 1 is 1.19 bits per heavy atom. The van der Waals surface area contributed by atoms with Gasteiger partial charge in [0.25, 0.3) is 5.91 Å². The van der Waals surface area contributed by atoms with Crippen molar-refractivity contribution in [3.05, 3.63) is 65.5 Å². The number of benzene rings is 2. The number of halogens is 1. The standard InChI is InChI=1S/C21H19FN2O2S/c22-16-8-9-18-17(12-16)21(24(10-11-27-21)19(25)15-6-7-15)20(26)23(18)13-14-4-2-1-3-5-14/h1-5,8-9,12,15H,6-7,10-11,13H2. The van der Waals surface area contributed by atoms with Gasteiger partial charge >= 0.3 is 0 Å². The Bertz CT molecular complexity index is 931. The maximum atomic E-state index is 14.1. The lowest BCUT2D eigenvalue weighted by molar-refractivity contribution is -0.141. The van der Waals surface area contributed by atoms with Crippen LogP contribution in [0, 0.1) is 11.7 Å². The zero-order chi connectivity index (χ0) is 18.6. The summed E-state index contributed by atoms with van der Waals surface area (Å²) in [6, 6.07) is 14.2. The van der Waals surface area contributed by atoms with Gasteiger partial charge in [-0.3, -0.25) is 9.59 Å². The van der Waals surface area contributed by atoms with Crippen molar-refractivity contribution in [3.63, 3.8) is 0 Å². The van der Waals surface area contributed by atoms with E-state index in [1.807, 2.05) is 30.3 Å². The van der Waals surface area contributed by atoms with E-state index in [2.05, 4.69) is 0 Å². The number of rotatable bonds is 3. The Balaban J connectivity index is 1.61. The summed E-state index contributed by atoms with van der Waals surface area (Å²) in [5, 5.41) is 0. The van der Waals surface area contributed by atoms with Gasteiger partial charge in [0, 0.05) is 23.8 Å². The van der Waals surface area contributed by atoms with Gasteiger partial charge < -0.3 is 9.80 Å². The van der Waals surface area contributed by atoms with Gasteiger partial charge in [-0.25, -0.2) is 4.39 Å². The molecule has 3 aliphatic rings. The van der Waals surface area contributed by atoms with Gasteiger partial charge in [-0.1, -0.05) is 30.3 Å². The molecule has 2 aromatic rings. The van der Waals surface area contributed by atoms with E-state index >= 15 is 0 Å². The number of nitrogens with zero attached hydrogens (tertiary/aromatic N) is 2. The van der Waals surface area contributed by atoms with E-state index in [1.54, 1.807) is 15.9 Å². The smallest absolute Gasteiger partial charge is 0.268 e. The zero-order valence-electron chi connectivity index (χ0n) is 14.7. The fraction of sp³-hybridized carbons (Fsp3) is 0.333. The van der Waals surface area contributed by atoms with E-state index in [4.69, 9.17) is 0 Å². The van der Waals surface area contributed by atoms with E-state index in [-0.39, 0.29) is 23.5 Å². The molecule has 0 bridgehead atoms. The van der Waals surface area contributed by atoms with Crippen LogP contribution < -0.4 is 4.90 Å². The van der Waals surface area contributed by atoms with E-state index in [9.17, 15) is 14.0 Å². The quantitative estimate of drug-likeness (QED) is 0.816.